The molecule has 0 spiro atoms. The van der Waals surface area contributed by atoms with Gasteiger partial charge in [-0.2, -0.15) is 0 Å². The number of carbonyl (C=O) groups is 1. The summed E-state index contributed by atoms with van der Waals surface area (Å²) in [6, 6.07) is 10.9. The minimum Gasteiger partial charge on any atom is -0.497 e. The van der Waals surface area contributed by atoms with Gasteiger partial charge in [0.15, 0.2) is 6.61 Å². The van der Waals surface area contributed by atoms with Crippen LogP contribution in [0.3, 0.4) is 0 Å². The minimum absolute atomic E-state index is 0.0251. The fraction of sp³-hybridized carbons (Fsp3) is 0.133. The Bertz CT molecular complexity index is 628. The van der Waals surface area contributed by atoms with Crippen molar-refractivity contribution in [1.82, 2.24) is 0 Å². The number of rotatable bonds is 5. The number of ketones is 1. The van der Waals surface area contributed by atoms with Crippen LogP contribution >= 0.6 is 15.9 Å². The van der Waals surface area contributed by atoms with Crippen molar-refractivity contribution in [3.63, 3.8) is 0 Å². The Labute approximate surface area is 124 Å². The van der Waals surface area contributed by atoms with E-state index in [4.69, 9.17) is 9.47 Å². The molecule has 0 aliphatic heterocycles. The molecule has 0 aliphatic rings. The van der Waals surface area contributed by atoms with Gasteiger partial charge < -0.3 is 9.47 Å². The van der Waals surface area contributed by atoms with Crippen molar-refractivity contribution >= 4 is 21.7 Å². The second kappa shape index (κ2) is 6.52. The molecule has 0 amide bonds. The zero-order chi connectivity index (χ0) is 14.5. The highest BCUT2D eigenvalue weighted by Gasteiger charge is 2.12. The average molecular weight is 339 g/mol. The van der Waals surface area contributed by atoms with E-state index in [0.29, 0.717) is 16.0 Å². The first kappa shape index (κ1) is 14.5. The average Bonchev–Trinajstić information content (AvgIpc) is 2.46. The van der Waals surface area contributed by atoms with Crippen LogP contribution in [0, 0.1) is 5.82 Å². The van der Waals surface area contributed by atoms with Crippen molar-refractivity contribution in [3.8, 4) is 11.5 Å². The van der Waals surface area contributed by atoms with Gasteiger partial charge in [-0.1, -0.05) is 12.1 Å². The van der Waals surface area contributed by atoms with Crippen LogP contribution in [0.2, 0.25) is 0 Å². The normalized spacial score (nSPS) is 10.2. The lowest BCUT2D eigenvalue weighted by atomic mass is 10.1. The van der Waals surface area contributed by atoms with Crippen molar-refractivity contribution < 1.29 is 18.7 Å². The molecule has 0 N–H and O–H groups in total. The molecular weight excluding hydrogens is 327 g/mol. The van der Waals surface area contributed by atoms with Crippen LogP contribution in [0.4, 0.5) is 4.39 Å². The molecule has 0 aromatic heterocycles. The molecule has 0 atom stereocenters. The predicted octanol–water partition coefficient (Wildman–Crippen LogP) is 3.86. The van der Waals surface area contributed by atoms with E-state index in [1.165, 1.54) is 18.2 Å². The van der Waals surface area contributed by atoms with Crippen molar-refractivity contribution in [3.05, 3.63) is 58.3 Å². The summed E-state index contributed by atoms with van der Waals surface area (Å²) in [5.41, 5.74) is 0.0251. The van der Waals surface area contributed by atoms with Crippen LogP contribution in [0.15, 0.2) is 46.9 Å². The topological polar surface area (TPSA) is 35.5 Å². The van der Waals surface area contributed by atoms with E-state index in [9.17, 15) is 9.18 Å². The molecule has 20 heavy (non-hydrogen) atoms. The Balaban J connectivity index is 2.06. The lowest BCUT2D eigenvalue weighted by Crippen LogP contribution is -2.13. The molecule has 0 aliphatic carbocycles. The minimum atomic E-state index is -0.546. The molecule has 2 aromatic rings. The van der Waals surface area contributed by atoms with E-state index in [2.05, 4.69) is 15.9 Å². The molecule has 0 saturated carbocycles. The Morgan fingerprint density at radius 1 is 1.25 bits per heavy atom. The third kappa shape index (κ3) is 3.36. The van der Waals surface area contributed by atoms with Crippen molar-refractivity contribution in [2.75, 3.05) is 13.7 Å². The standard InChI is InChI=1S/C15H12BrFO3/c1-19-10-6-7-15(12(16)8-10)20-9-14(18)11-4-2-3-5-13(11)17/h2-8H,9H2,1H3. The Kier molecular flexibility index (Phi) is 4.74. The molecule has 3 nitrogen and oxygen atoms in total. The van der Waals surface area contributed by atoms with Gasteiger partial charge in [0, 0.05) is 0 Å². The van der Waals surface area contributed by atoms with Gasteiger partial charge in [0.2, 0.25) is 5.78 Å². The van der Waals surface area contributed by atoms with Gasteiger partial charge in [0.05, 0.1) is 17.1 Å². The van der Waals surface area contributed by atoms with Crippen LogP contribution in [0.25, 0.3) is 0 Å². The number of benzene rings is 2. The summed E-state index contributed by atoms with van der Waals surface area (Å²) < 4.78 is 24.6. The maximum absolute atomic E-state index is 13.4. The zero-order valence-electron chi connectivity index (χ0n) is 10.7. The molecule has 0 saturated heterocycles. The predicted molar refractivity (Wildman–Crippen MR) is 76.9 cm³/mol. The fourth-order valence-electron chi connectivity index (χ4n) is 1.63. The van der Waals surface area contributed by atoms with Gasteiger partial charge in [-0.3, -0.25) is 4.79 Å². The number of hydrogen-bond donors (Lipinski definition) is 0. The summed E-state index contributed by atoms with van der Waals surface area (Å²) in [5, 5.41) is 0. The lowest BCUT2D eigenvalue weighted by Gasteiger charge is -2.09. The van der Waals surface area contributed by atoms with Crippen molar-refractivity contribution in [1.29, 1.82) is 0 Å². The SMILES string of the molecule is COc1ccc(OCC(=O)c2ccccc2F)c(Br)c1. The van der Waals surface area contributed by atoms with Gasteiger partial charge in [0.1, 0.15) is 17.3 Å². The summed E-state index contributed by atoms with van der Waals surface area (Å²) in [5.74, 6) is 0.209. The van der Waals surface area contributed by atoms with Crippen LogP contribution < -0.4 is 9.47 Å². The van der Waals surface area contributed by atoms with Crippen molar-refractivity contribution in [2.24, 2.45) is 0 Å². The summed E-state index contributed by atoms with van der Waals surface area (Å²) in [6.07, 6.45) is 0. The summed E-state index contributed by atoms with van der Waals surface area (Å²) in [4.78, 5) is 11.9. The second-order valence-electron chi connectivity index (χ2n) is 3.99. The monoisotopic (exact) mass is 338 g/mol. The molecule has 0 radical (unpaired) electrons. The van der Waals surface area contributed by atoms with E-state index in [-0.39, 0.29) is 12.2 Å². The Hall–Kier alpha value is -1.88. The number of carbonyl (C=O) groups excluding carboxylic acids is 1. The third-order valence-electron chi connectivity index (χ3n) is 2.67. The molecule has 0 fully saturated rings. The van der Waals surface area contributed by atoms with Crippen LogP contribution in [0.5, 0.6) is 11.5 Å². The summed E-state index contributed by atoms with van der Waals surface area (Å²) in [6.45, 7) is -0.230. The Morgan fingerprint density at radius 2 is 2.00 bits per heavy atom. The number of methoxy groups -OCH3 is 1. The molecule has 0 unspecified atom stereocenters. The lowest BCUT2D eigenvalue weighted by molar-refractivity contribution is 0.0917. The van der Waals surface area contributed by atoms with Gasteiger partial charge >= 0.3 is 0 Å². The maximum Gasteiger partial charge on any atom is 0.203 e. The number of halogens is 2. The third-order valence-corrected chi connectivity index (χ3v) is 3.29. The first-order valence-electron chi connectivity index (χ1n) is 5.86. The highest BCUT2D eigenvalue weighted by Crippen LogP contribution is 2.29. The summed E-state index contributed by atoms with van der Waals surface area (Å²) in [7, 11) is 1.56. The van der Waals surface area contributed by atoms with Gasteiger partial charge in [-0.05, 0) is 46.3 Å². The highest BCUT2D eigenvalue weighted by molar-refractivity contribution is 9.10. The highest BCUT2D eigenvalue weighted by atomic mass is 79.9. The number of ether oxygens (including phenoxy) is 2. The van der Waals surface area contributed by atoms with Gasteiger partial charge in [-0.15, -0.1) is 0 Å². The molecule has 0 bridgehead atoms. The number of Topliss-reactive ketones (excluding diaryl/α,β-unsaturated/α-hetero) is 1. The van der Waals surface area contributed by atoms with E-state index < -0.39 is 11.6 Å². The molecule has 0 heterocycles. The van der Waals surface area contributed by atoms with Crippen LogP contribution in [-0.2, 0) is 0 Å². The van der Waals surface area contributed by atoms with E-state index in [1.54, 1.807) is 31.4 Å². The second-order valence-corrected chi connectivity index (χ2v) is 4.84. The van der Waals surface area contributed by atoms with Gasteiger partial charge in [-0.25, -0.2) is 4.39 Å². The van der Waals surface area contributed by atoms with Gasteiger partial charge in [0.25, 0.3) is 0 Å². The smallest absolute Gasteiger partial charge is 0.203 e. The van der Waals surface area contributed by atoms with Crippen LogP contribution in [0.1, 0.15) is 10.4 Å². The first-order valence-corrected chi connectivity index (χ1v) is 6.65. The maximum atomic E-state index is 13.4. The summed E-state index contributed by atoms with van der Waals surface area (Å²) >= 11 is 3.32. The van der Waals surface area contributed by atoms with E-state index in [1.807, 2.05) is 0 Å². The quantitative estimate of drug-likeness (QED) is 0.776. The first-order chi connectivity index (χ1) is 9.61. The van der Waals surface area contributed by atoms with E-state index in [0.717, 1.165) is 0 Å². The largest absolute Gasteiger partial charge is 0.497 e. The molecule has 5 heteroatoms. The number of hydrogen-bond acceptors (Lipinski definition) is 3. The Morgan fingerprint density at radius 3 is 2.65 bits per heavy atom. The van der Waals surface area contributed by atoms with E-state index >= 15 is 0 Å². The molecular formula is C15H12BrFO3. The zero-order valence-corrected chi connectivity index (χ0v) is 12.3. The fourth-order valence-corrected chi connectivity index (χ4v) is 2.11. The molecule has 104 valence electrons. The van der Waals surface area contributed by atoms with Crippen molar-refractivity contribution in [2.45, 2.75) is 0 Å². The van der Waals surface area contributed by atoms with Crippen LogP contribution in [-0.4, -0.2) is 19.5 Å². The molecule has 2 aromatic carbocycles. The molecule has 2 rings (SSSR count).